The summed E-state index contributed by atoms with van der Waals surface area (Å²) in [6, 6.07) is 0. The van der Waals surface area contributed by atoms with Crippen molar-refractivity contribution in [3.05, 3.63) is 0 Å². The summed E-state index contributed by atoms with van der Waals surface area (Å²) >= 11 is 0. The molecule has 2 N–H and O–H groups in total. The molecule has 0 aromatic rings. The van der Waals surface area contributed by atoms with Gasteiger partial charge in [0.15, 0.2) is 0 Å². The minimum absolute atomic E-state index is 0.164. The van der Waals surface area contributed by atoms with Crippen molar-refractivity contribution in [3.63, 3.8) is 0 Å². The van der Waals surface area contributed by atoms with Crippen molar-refractivity contribution in [2.75, 3.05) is 13.1 Å². The summed E-state index contributed by atoms with van der Waals surface area (Å²) in [7, 11) is 0. The zero-order valence-corrected chi connectivity index (χ0v) is 10.3. The Balaban J connectivity index is 2.51. The third-order valence-corrected chi connectivity index (χ3v) is 3.52. The van der Waals surface area contributed by atoms with Gasteiger partial charge in [-0.05, 0) is 25.7 Å². The monoisotopic (exact) mass is 212 g/mol. The van der Waals surface area contributed by atoms with Crippen LogP contribution in [0.5, 0.6) is 0 Å². The molecule has 15 heavy (non-hydrogen) atoms. The second-order valence-corrected chi connectivity index (χ2v) is 4.68. The molecule has 0 unspecified atom stereocenters. The van der Waals surface area contributed by atoms with E-state index in [1.165, 1.54) is 0 Å². The summed E-state index contributed by atoms with van der Waals surface area (Å²) in [5, 5.41) is 0. The van der Waals surface area contributed by atoms with E-state index in [1.54, 1.807) is 0 Å². The highest BCUT2D eigenvalue weighted by Gasteiger charge is 2.47. The second-order valence-electron chi connectivity index (χ2n) is 4.68. The Morgan fingerprint density at radius 3 is 2.20 bits per heavy atom. The van der Waals surface area contributed by atoms with E-state index in [9.17, 15) is 4.79 Å². The molecule has 3 nitrogen and oxygen atoms in total. The summed E-state index contributed by atoms with van der Waals surface area (Å²) in [6.45, 7) is 8.06. The van der Waals surface area contributed by atoms with Crippen LogP contribution in [0.15, 0.2) is 0 Å². The van der Waals surface area contributed by atoms with Gasteiger partial charge in [-0.2, -0.15) is 0 Å². The first-order chi connectivity index (χ1) is 7.07. The molecular weight excluding hydrogens is 188 g/mol. The van der Waals surface area contributed by atoms with E-state index >= 15 is 0 Å². The lowest BCUT2D eigenvalue weighted by atomic mass is 10.0. The molecule has 0 bridgehead atoms. The predicted molar refractivity (Wildman–Crippen MR) is 62.5 cm³/mol. The van der Waals surface area contributed by atoms with Gasteiger partial charge in [0.05, 0.1) is 5.54 Å². The van der Waals surface area contributed by atoms with Crippen molar-refractivity contribution in [3.8, 4) is 0 Å². The SMILES string of the molecule is CCC(CC)CN(CC)C(=O)C1(N)CC1. The standard InChI is InChI=1S/C12H24N2O/c1-4-10(5-2)9-14(6-3)11(15)12(13)7-8-12/h10H,4-9,13H2,1-3H3. The summed E-state index contributed by atoms with van der Waals surface area (Å²) < 4.78 is 0. The highest BCUT2D eigenvalue weighted by atomic mass is 16.2. The van der Waals surface area contributed by atoms with Crippen molar-refractivity contribution in [2.45, 2.75) is 52.0 Å². The summed E-state index contributed by atoms with van der Waals surface area (Å²) in [6.07, 6.45) is 4.01. The number of carbonyl (C=O) groups excluding carboxylic acids is 1. The lowest BCUT2D eigenvalue weighted by Gasteiger charge is -2.27. The van der Waals surface area contributed by atoms with Gasteiger partial charge < -0.3 is 10.6 Å². The molecule has 0 radical (unpaired) electrons. The largest absolute Gasteiger partial charge is 0.341 e. The van der Waals surface area contributed by atoms with Crippen molar-refractivity contribution in [1.29, 1.82) is 0 Å². The molecule has 3 heteroatoms. The van der Waals surface area contributed by atoms with Crippen molar-refractivity contribution < 1.29 is 4.79 Å². The predicted octanol–water partition coefficient (Wildman–Crippen LogP) is 1.76. The first-order valence-electron chi connectivity index (χ1n) is 6.15. The quantitative estimate of drug-likeness (QED) is 0.729. The highest BCUT2D eigenvalue weighted by Crippen LogP contribution is 2.34. The zero-order valence-electron chi connectivity index (χ0n) is 10.3. The van der Waals surface area contributed by atoms with Crippen LogP contribution < -0.4 is 5.73 Å². The molecule has 0 aromatic heterocycles. The minimum atomic E-state index is -0.498. The molecule has 1 saturated carbocycles. The maximum Gasteiger partial charge on any atom is 0.242 e. The zero-order chi connectivity index (χ0) is 11.5. The van der Waals surface area contributed by atoms with Crippen LogP contribution >= 0.6 is 0 Å². The van der Waals surface area contributed by atoms with Gasteiger partial charge in [0.2, 0.25) is 5.91 Å². The number of hydrogen-bond donors (Lipinski definition) is 1. The van der Waals surface area contributed by atoms with E-state index in [2.05, 4.69) is 13.8 Å². The average molecular weight is 212 g/mol. The number of nitrogens with zero attached hydrogens (tertiary/aromatic N) is 1. The van der Waals surface area contributed by atoms with Crippen LogP contribution in [0.25, 0.3) is 0 Å². The maximum absolute atomic E-state index is 12.0. The van der Waals surface area contributed by atoms with Crippen LogP contribution in [0, 0.1) is 5.92 Å². The van der Waals surface area contributed by atoms with Crippen molar-refractivity contribution >= 4 is 5.91 Å². The molecule has 1 aliphatic rings. The summed E-state index contributed by atoms with van der Waals surface area (Å²) in [5.41, 5.74) is 5.44. The van der Waals surface area contributed by atoms with Crippen LogP contribution in [0.1, 0.15) is 46.5 Å². The fourth-order valence-corrected chi connectivity index (χ4v) is 1.88. The topological polar surface area (TPSA) is 46.3 Å². The van der Waals surface area contributed by atoms with Gasteiger partial charge in [-0.3, -0.25) is 4.79 Å². The smallest absolute Gasteiger partial charge is 0.242 e. The highest BCUT2D eigenvalue weighted by molar-refractivity contribution is 5.89. The van der Waals surface area contributed by atoms with Crippen LogP contribution in [0.4, 0.5) is 0 Å². The third-order valence-electron chi connectivity index (χ3n) is 3.52. The number of hydrogen-bond acceptors (Lipinski definition) is 2. The minimum Gasteiger partial charge on any atom is -0.341 e. The number of likely N-dealkylation sites (N-methyl/N-ethyl adjacent to an activating group) is 1. The molecule has 1 rings (SSSR count). The van der Waals surface area contributed by atoms with E-state index in [1.807, 2.05) is 11.8 Å². The number of amides is 1. The Morgan fingerprint density at radius 2 is 1.87 bits per heavy atom. The van der Waals surface area contributed by atoms with Crippen LogP contribution in [0.2, 0.25) is 0 Å². The maximum atomic E-state index is 12.0. The molecule has 0 heterocycles. The van der Waals surface area contributed by atoms with Crippen molar-refractivity contribution in [2.24, 2.45) is 11.7 Å². The molecule has 1 aliphatic carbocycles. The molecule has 0 saturated heterocycles. The number of rotatable bonds is 6. The Morgan fingerprint density at radius 1 is 1.33 bits per heavy atom. The molecule has 1 fully saturated rings. The van der Waals surface area contributed by atoms with Gasteiger partial charge in [-0.1, -0.05) is 26.7 Å². The number of carbonyl (C=O) groups is 1. The Kier molecular flexibility index (Phi) is 4.14. The Hall–Kier alpha value is -0.570. The van der Waals surface area contributed by atoms with E-state index in [-0.39, 0.29) is 5.91 Å². The first kappa shape index (κ1) is 12.5. The lowest BCUT2D eigenvalue weighted by Crippen LogP contribution is -2.47. The molecule has 0 aromatic carbocycles. The average Bonchev–Trinajstić information content (AvgIpc) is 2.99. The second kappa shape index (κ2) is 4.97. The van der Waals surface area contributed by atoms with E-state index in [0.29, 0.717) is 5.92 Å². The fourth-order valence-electron chi connectivity index (χ4n) is 1.88. The van der Waals surface area contributed by atoms with Crippen LogP contribution in [0.3, 0.4) is 0 Å². The van der Waals surface area contributed by atoms with Gasteiger partial charge in [0.25, 0.3) is 0 Å². The molecule has 0 aliphatic heterocycles. The van der Waals surface area contributed by atoms with E-state index in [0.717, 1.165) is 38.8 Å². The van der Waals surface area contributed by atoms with Gasteiger partial charge >= 0.3 is 0 Å². The van der Waals surface area contributed by atoms with Gasteiger partial charge in [-0.25, -0.2) is 0 Å². The number of nitrogens with two attached hydrogens (primary N) is 1. The van der Waals surface area contributed by atoms with Crippen LogP contribution in [-0.4, -0.2) is 29.4 Å². The summed E-state index contributed by atoms with van der Waals surface area (Å²) in [4.78, 5) is 14.0. The molecular formula is C12H24N2O. The molecule has 88 valence electrons. The molecule has 0 spiro atoms. The normalized spacial score (nSPS) is 17.9. The van der Waals surface area contributed by atoms with E-state index < -0.39 is 5.54 Å². The van der Waals surface area contributed by atoms with Gasteiger partial charge in [-0.15, -0.1) is 0 Å². The Labute approximate surface area is 93.0 Å². The fraction of sp³-hybridized carbons (Fsp3) is 0.917. The van der Waals surface area contributed by atoms with Crippen molar-refractivity contribution in [1.82, 2.24) is 4.90 Å². The van der Waals surface area contributed by atoms with Crippen LogP contribution in [-0.2, 0) is 4.79 Å². The molecule has 1 amide bonds. The molecule has 0 atom stereocenters. The van der Waals surface area contributed by atoms with Gasteiger partial charge in [0, 0.05) is 13.1 Å². The summed E-state index contributed by atoms with van der Waals surface area (Å²) in [5.74, 6) is 0.785. The Bertz CT molecular complexity index is 220. The third kappa shape index (κ3) is 2.94. The van der Waals surface area contributed by atoms with E-state index in [4.69, 9.17) is 5.73 Å². The lowest BCUT2D eigenvalue weighted by molar-refractivity contribution is -0.134. The first-order valence-corrected chi connectivity index (χ1v) is 6.15. The van der Waals surface area contributed by atoms with Gasteiger partial charge in [0.1, 0.15) is 0 Å².